The van der Waals surface area contributed by atoms with Crippen LogP contribution < -0.4 is 5.32 Å². The van der Waals surface area contributed by atoms with Crippen molar-refractivity contribution < 1.29 is 0 Å². The molecule has 3 heteroatoms. The van der Waals surface area contributed by atoms with Crippen LogP contribution in [0.4, 0.5) is 5.82 Å². The van der Waals surface area contributed by atoms with E-state index in [0.717, 1.165) is 10.4 Å². The molecule has 66 valence electrons. The van der Waals surface area contributed by atoms with Crippen molar-refractivity contribution in [2.24, 2.45) is 0 Å². The van der Waals surface area contributed by atoms with E-state index in [1.807, 2.05) is 18.2 Å². The quantitative estimate of drug-likeness (QED) is 0.748. The molecular formula is C9H13BrN2. The van der Waals surface area contributed by atoms with E-state index in [-0.39, 0.29) is 5.54 Å². The standard InChI is InChI=1S/C9H13BrN2/c1-9(2,3)12-8-6-4-5-7(10)11-8/h4-6H,1-3H3,(H,11,12). The van der Waals surface area contributed by atoms with Gasteiger partial charge in [0.1, 0.15) is 10.4 Å². The predicted molar refractivity (Wildman–Crippen MR) is 55.3 cm³/mol. The number of aromatic nitrogens is 1. The van der Waals surface area contributed by atoms with E-state index in [4.69, 9.17) is 0 Å². The van der Waals surface area contributed by atoms with E-state index in [9.17, 15) is 0 Å². The minimum atomic E-state index is 0.0633. The second kappa shape index (κ2) is 3.44. The Morgan fingerprint density at radius 1 is 1.33 bits per heavy atom. The van der Waals surface area contributed by atoms with E-state index >= 15 is 0 Å². The molecule has 0 fully saturated rings. The van der Waals surface area contributed by atoms with Crippen molar-refractivity contribution in [3.63, 3.8) is 0 Å². The number of nitrogens with zero attached hydrogens (tertiary/aromatic N) is 1. The molecule has 1 aromatic heterocycles. The van der Waals surface area contributed by atoms with Gasteiger partial charge in [0.05, 0.1) is 0 Å². The van der Waals surface area contributed by atoms with Crippen LogP contribution in [0.3, 0.4) is 0 Å². The zero-order valence-corrected chi connectivity index (χ0v) is 9.14. The van der Waals surface area contributed by atoms with Gasteiger partial charge in [0.25, 0.3) is 0 Å². The summed E-state index contributed by atoms with van der Waals surface area (Å²) in [6, 6.07) is 5.83. The van der Waals surface area contributed by atoms with E-state index < -0.39 is 0 Å². The normalized spacial score (nSPS) is 11.3. The fraction of sp³-hybridized carbons (Fsp3) is 0.444. The average Bonchev–Trinajstić information content (AvgIpc) is 1.82. The lowest BCUT2D eigenvalue weighted by molar-refractivity contribution is 0.630. The summed E-state index contributed by atoms with van der Waals surface area (Å²) in [5, 5.41) is 3.28. The number of nitrogens with one attached hydrogen (secondary N) is 1. The summed E-state index contributed by atoms with van der Waals surface area (Å²) in [5.74, 6) is 0.900. The van der Waals surface area contributed by atoms with Crippen molar-refractivity contribution in [2.75, 3.05) is 5.32 Å². The molecule has 1 heterocycles. The summed E-state index contributed by atoms with van der Waals surface area (Å²) in [6.45, 7) is 6.32. The molecule has 0 unspecified atom stereocenters. The van der Waals surface area contributed by atoms with Crippen molar-refractivity contribution in [1.82, 2.24) is 4.98 Å². The van der Waals surface area contributed by atoms with Crippen LogP contribution in [0.15, 0.2) is 22.8 Å². The van der Waals surface area contributed by atoms with Crippen LogP contribution in [0.2, 0.25) is 0 Å². The van der Waals surface area contributed by atoms with E-state index in [0.29, 0.717) is 0 Å². The van der Waals surface area contributed by atoms with Gasteiger partial charge in [0.15, 0.2) is 0 Å². The molecule has 0 amide bonds. The highest BCUT2D eigenvalue weighted by Crippen LogP contribution is 2.14. The molecule has 0 radical (unpaired) electrons. The zero-order chi connectivity index (χ0) is 9.19. The zero-order valence-electron chi connectivity index (χ0n) is 7.56. The lowest BCUT2D eigenvalue weighted by Gasteiger charge is -2.21. The lowest BCUT2D eigenvalue weighted by atomic mass is 10.1. The van der Waals surface area contributed by atoms with Gasteiger partial charge in [-0.2, -0.15) is 0 Å². The number of hydrogen-bond acceptors (Lipinski definition) is 2. The van der Waals surface area contributed by atoms with Gasteiger partial charge in [-0.05, 0) is 48.8 Å². The molecule has 2 nitrogen and oxygen atoms in total. The number of rotatable bonds is 1. The van der Waals surface area contributed by atoms with Crippen LogP contribution in [0.5, 0.6) is 0 Å². The van der Waals surface area contributed by atoms with Crippen LogP contribution in [0.1, 0.15) is 20.8 Å². The highest BCUT2D eigenvalue weighted by atomic mass is 79.9. The second-order valence-corrected chi connectivity index (χ2v) is 4.53. The van der Waals surface area contributed by atoms with Gasteiger partial charge >= 0.3 is 0 Å². The van der Waals surface area contributed by atoms with Gasteiger partial charge in [-0.3, -0.25) is 0 Å². The maximum absolute atomic E-state index is 4.26. The van der Waals surface area contributed by atoms with Gasteiger partial charge in [-0.1, -0.05) is 6.07 Å². The number of pyridine rings is 1. The Labute approximate surface area is 81.5 Å². The summed E-state index contributed by atoms with van der Waals surface area (Å²) in [6.07, 6.45) is 0. The van der Waals surface area contributed by atoms with Crippen LogP contribution in [-0.2, 0) is 0 Å². The third-order valence-corrected chi connectivity index (χ3v) is 1.66. The third-order valence-electron chi connectivity index (χ3n) is 1.22. The maximum Gasteiger partial charge on any atom is 0.127 e. The number of anilines is 1. The SMILES string of the molecule is CC(C)(C)Nc1cccc(Br)n1. The van der Waals surface area contributed by atoms with Gasteiger partial charge < -0.3 is 5.32 Å². The average molecular weight is 229 g/mol. The summed E-state index contributed by atoms with van der Waals surface area (Å²) in [7, 11) is 0. The van der Waals surface area contributed by atoms with E-state index in [1.54, 1.807) is 0 Å². The lowest BCUT2D eigenvalue weighted by Crippen LogP contribution is -2.26. The Kier molecular flexibility index (Phi) is 2.73. The van der Waals surface area contributed by atoms with Crippen LogP contribution in [-0.4, -0.2) is 10.5 Å². The summed E-state index contributed by atoms with van der Waals surface area (Å²) >= 11 is 3.32. The first-order valence-corrected chi connectivity index (χ1v) is 4.67. The molecule has 1 N–H and O–H groups in total. The molecule has 1 rings (SSSR count). The summed E-state index contributed by atoms with van der Waals surface area (Å²) in [4.78, 5) is 4.26. The molecule has 0 aliphatic carbocycles. The Hall–Kier alpha value is -0.570. The first-order valence-electron chi connectivity index (χ1n) is 3.88. The van der Waals surface area contributed by atoms with Gasteiger partial charge in [-0.15, -0.1) is 0 Å². The summed E-state index contributed by atoms with van der Waals surface area (Å²) < 4.78 is 0.858. The first kappa shape index (κ1) is 9.52. The van der Waals surface area contributed by atoms with Gasteiger partial charge in [0.2, 0.25) is 0 Å². The topological polar surface area (TPSA) is 24.9 Å². The highest BCUT2D eigenvalue weighted by molar-refractivity contribution is 9.10. The number of hydrogen-bond donors (Lipinski definition) is 1. The molecule has 0 saturated carbocycles. The van der Waals surface area contributed by atoms with Crippen LogP contribution in [0, 0.1) is 0 Å². The Morgan fingerprint density at radius 2 is 2.00 bits per heavy atom. The summed E-state index contributed by atoms with van der Waals surface area (Å²) in [5.41, 5.74) is 0.0633. The highest BCUT2D eigenvalue weighted by Gasteiger charge is 2.09. The number of halogens is 1. The molecule has 0 bridgehead atoms. The fourth-order valence-corrected chi connectivity index (χ4v) is 1.21. The molecule has 0 saturated heterocycles. The fourth-order valence-electron chi connectivity index (χ4n) is 0.862. The third kappa shape index (κ3) is 3.22. The minimum absolute atomic E-state index is 0.0633. The van der Waals surface area contributed by atoms with Crippen molar-refractivity contribution >= 4 is 21.7 Å². The molecular weight excluding hydrogens is 216 g/mol. The van der Waals surface area contributed by atoms with Crippen molar-refractivity contribution in [3.05, 3.63) is 22.8 Å². The van der Waals surface area contributed by atoms with E-state index in [2.05, 4.69) is 47.0 Å². The molecule has 0 aliphatic rings. The minimum Gasteiger partial charge on any atom is -0.365 e. The van der Waals surface area contributed by atoms with Crippen molar-refractivity contribution in [3.8, 4) is 0 Å². The van der Waals surface area contributed by atoms with Crippen LogP contribution in [0.25, 0.3) is 0 Å². The Morgan fingerprint density at radius 3 is 2.50 bits per heavy atom. The second-order valence-electron chi connectivity index (χ2n) is 3.72. The predicted octanol–water partition coefficient (Wildman–Crippen LogP) is 3.05. The van der Waals surface area contributed by atoms with Gasteiger partial charge in [0, 0.05) is 5.54 Å². The van der Waals surface area contributed by atoms with Crippen molar-refractivity contribution in [2.45, 2.75) is 26.3 Å². The smallest absolute Gasteiger partial charge is 0.127 e. The first-order chi connectivity index (χ1) is 5.47. The molecule has 1 aromatic rings. The molecule has 0 aromatic carbocycles. The maximum atomic E-state index is 4.26. The molecule has 0 aliphatic heterocycles. The monoisotopic (exact) mass is 228 g/mol. The van der Waals surface area contributed by atoms with Crippen molar-refractivity contribution in [1.29, 1.82) is 0 Å². The molecule has 0 spiro atoms. The molecule has 12 heavy (non-hydrogen) atoms. The van der Waals surface area contributed by atoms with E-state index in [1.165, 1.54) is 0 Å². The van der Waals surface area contributed by atoms with Gasteiger partial charge in [-0.25, -0.2) is 4.98 Å². The molecule has 0 atom stereocenters. The Balaban J connectivity index is 2.77. The van der Waals surface area contributed by atoms with Crippen LogP contribution >= 0.6 is 15.9 Å². The largest absolute Gasteiger partial charge is 0.365 e. The Bertz CT molecular complexity index is 265.